The van der Waals surface area contributed by atoms with Gasteiger partial charge in [0.15, 0.2) is 16.7 Å². The molecular weight excluding hydrogens is 576 g/mol. The standard InChI is InChI=1S/C25H33BrN6O5S/c1-25(2,3)37-24(33)29-16(14-5-8-34-9-6-14)4-7-32-12-28-21(27)20-22(32)31-23(30-20)38-19-11-18-17(10-15(19)26)35-13-36-18/h10-11,14,16H,4-9,12-13H2,1-3H3,(H2,27,28)(H,29,33)(H,30,31). The van der Waals surface area contributed by atoms with E-state index in [1.165, 1.54) is 11.8 Å². The number of ether oxygens (including phenoxy) is 4. The molecule has 13 heteroatoms. The van der Waals surface area contributed by atoms with Crippen LogP contribution >= 0.6 is 27.7 Å². The maximum absolute atomic E-state index is 12.6. The van der Waals surface area contributed by atoms with Crippen LogP contribution in [-0.4, -0.2) is 66.8 Å². The van der Waals surface area contributed by atoms with E-state index in [2.05, 4.69) is 36.1 Å². The monoisotopic (exact) mass is 608 g/mol. The Morgan fingerprint density at radius 2 is 2.05 bits per heavy atom. The number of halogens is 1. The molecule has 1 atom stereocenters. The predicted octanol–water partition coefficient (Wildman–Crippen LogP) is 4.24. The molecule has 0 spiro atoms. The minimum absolute atomic E-state index is 0.0539. The van der Waals surface area contributed by atoms with Gasteiger partial charge in [-0.2, -0.15) is 0 Å². The smallest absolute Gasteiger partial charge is 0.407 e. The SMILES string of the molecule is CC(C)(C)OC(=O)NC(CCN1CN=C(N)c2nc(Sc3cc4c(cc3Br)OCO4)[nH]c21)C1CCOCC1. The molecule has 1 saturated heterocycles. The second-order valence-electron chi connectivity index (χ2n) is 10.4. The summed E-state index contributed by atoms with van der Waals surface area (Å²) < 4.78 is 23.0. The molecule has 1 aromatic heterocycles. The molecule has 2 aromatic rings. The highest BCUT2D eigenvalue weighted by atomic mass is 79.9. The van der Waals surface area contributed by atoms with Crippen molar-refractivity contribution in [1.29, 1.82) is 0 Å². The van der Waals surface area contributed by atoms with Gasteiger partial charge in [0.1, 0.15) is 29.6 Å². The first-order valence-electron chi connectivity index (χ1n) is 12.7. The fourth-order valence-corrected chi connectivity index (χ4v) is 6.05. The number of amidine groups is 1. The van der Waals surface area contributed by atoms with E-state index in [1.54, 1.807) is 0 Å². The first kappa shape index (κ1) is 26.9. The number of hydrogen-bond donors (Lipinski definition) is 3. The van der Waals surface area contributed by atoms with Crippen LogP contribution in [0.3, 0.4) is 0 Å². The van der Waals surface area contributed by atoms with Crippen LogP contribution in [0.15, 0.2) is 31.6 Å². The summed E-state index contributed by atoms with van der Waals surface area (Å²) in [6.45, 7) is 8.26. The van der Waals surface area contributed by atoms with Gasteiger partial charge >= 0.3 is 6.09 Å². The van der Waals surface area contributed by atoms with Gasteiger partial charge in [0, 0.05) is 35.2 Å². The predicted molar refractivity (Wildman–Crippen MR) is 147 cm³/mol. The summed E-state index contributed by atoms with van der Waals surface area (Å²) in [4.78, 5) is 28.3. The number of carbonyl (C=O) groups is 1. The molecule has 0 aliphatic carbocycles. The quantitative estimate of drug-likeness (QED) is 0.421. The molecule has 3 aliphatic heterocycles. The maximum atomic E-state index is 12.6. The molecular formula is C25H33BrN6O5S. The van der Waals surface area contributed by atoms with Gasteiger partial charge in [0.05, 0.1) is 0 Å². The number of aliphatic imine (C=N–C) groups is 1. The number of H-pyrrole nitrogens is 1. The minimum Gasteiger partial charge on any atom is -0.454 e. The van der Waals surface area contributed by atoms with Crippen molar-refractivity contribution in [2.45, 2.75) is 61.7 Å². The molecule has 0 radical (unpaired) electrons. The van der Waals surface area contributed by atoms with Gasteiger partial charge in [-0.1, -0.05) is 11.8 Å². The zero-order valence-corrected chi connectivity index (χ0v) is 24.1. The largest absolute Gasteiger partial charge is 0.454 e. The number of imidazole rings is 1. The Labute approximate surface area is 234 Å². The van der Waals surface area contributed by atoms with Crippen molar-refractivity contribution in [2.75, 3.05) is 38.1 Å². The van der Waals surface area contributed by atoms with Crippen molar-refractivity contribution in [3.05, 3.63) is 22.3 Å². The molecule has 3 aliphatic rings. The number of rotatable bonds is 7. The molecule has 1 fully saturated rings. The van der Waals surface area contributed by atoms with Gasteiger partial charge in [0.25, 0.3) is 0 Å². The lowest BCUT2D eigenvalue weighted by Crippen LogP contribution is -2.46. The molecule has 0 saturated carbocycles. The number of nitrogens with two attached hydrogens (primary N) is 1. The highest BCUT2D eigenvalue weighted by Gasteiger charge is 2.30. The van der Waals surface area contributed by atoms with Crippen molar-refractivity contribution in [3.63, 3.8) is 0 Å². The Morgan fingerprint density at radius 3 is 2.79 bits per heavy atom. The van der Waals surface area contributed by atoms with Crippen molar-refractivity contribution in [3.8, 4) is 11.5 Å². The second-order valence-corrected chi connectivity index (χ2v) is 12.3. The van der Waals surface area contributed by atoms with Gasteiger partial charge in [-0.25, -0.2) is 14.8 Å². The number of aromatic amines is 1. The van der Waals surface area contributed by atoms with Crippen molar-refractivity contribution < 1.29 is 23.7 Å². The fourth-order valence-electron chi connectivity index (χ4n) is 4.67. The van der Waals surface area contributed by atoms with E-state index in [0.29, 0.717) is 67.0 Å². The third-order valence-corrected chi connectivity index (χ3v) is 8.38. The number of nitrogens with one attached hydrogen (secondary N) is 2. The summed E-state index contributed by atoms with van der Waals surface area (Å²) >= 11 is 5.07. The van der Waals surface area contributed by atoms with Crippen LogP contribution in [0.1, 0.15) is 45.7 Å². The van der Waals surface area contributed by atoms with E-state index in [-0.39, 0.29) is 12.8 Å². The van der Waals surface area contributed by atoms with E-state index >= 15 is 0 Å². The third-order valence-electron chi connectivity index (χ3n) is 6.51. The first-order chi connectivity index (χ1) is 18.2. The molecule has 4 N–H and O–H groups in total. The van der Waals surface area contributed by atoms with Crippen molar-refractivity contribution in [2.24, 2.45) is 16.6 Å². The average Bonchev–Trinajstić information content (AvgIpc) is 3.50. The molecule has 11 nitrogen and oxygen atoms in total. The Morgan fingerprint density at radius 1 is 1.32 bits per heavy atom. The van der Waals surface area contributed by atoms with Gasteiger partial charge < -0.3 is 39.9 Å². The molecule has 38 heavy (non-hydrogen) atoms. The normalized spacial score (nSPS) is 18.1. The summed E-state index contributed by atoms with van der Waals surface area (Å²) in [6.07, 6.45) is 2.11. The number of hydrogen-bond acceptors (Lipinski definition) is 10. The summed E-state index contributed by atoms with van der Waals surface area (Å²) in [5.74, 6) is 2.94. The van der Waals surface area contributed by atoms with Crippen LogP contribution in [0.4, 0.5) is 10.6 Å². The van der Waals surface area contributed by atoms with E-state index in [9.17, 15) is 4.79 Å². The number of nitrogens with zero attached hydrogens (tertiary/aromatic N) is 3. The van der Waals surface area contributed by atoms with Crippen molar-refractivity contribution >= 4 is 45.4 Å². The first-order valence-corrected chi connectivity index (χ1v) is 14.3. The highest BCUT2D eigenvalue weighted by Crippen LogP contribution is 2.43. The Bertz CT molecular complexity index is 1210. The lowest BCUT2D eigenvalue weighted by molar-refractivity contribution is 0.0344. The third kappa shape index (κ3) is 6.32. The molecule has 5 rings (SSSR count). The second kappa shape index (κ2) is 11.2. The molecule has 1 amide bonds. The lowest BCUT2D eigenvalue weighted by atomic mass is 9.89. The summed E-state index contributed by atoms with van der Waals surface area (Å²) in [5, 5.41) is 3.81. The summed E-state index contributed by atoms with van der Waals surface area (Å²) in [6, 6.07) is 3.76. The Hall–Kier alpha value is -2.64. The van der Waals surface area contributed by atoms with Gasteiger partial charge in [0.2, 0.25) is 6.79 Å². The van der Waals surface area contributed by atoms with Crippen molar-refractivity contribution in [1.82, 2.24) is 15.3 Å². The number of fused-ring (bicyclic) bond motifs is 2. The maximum Gasteiger partial charge on any atom is 0.407 e. The van der Waals surface area contributed by atoms with E-state index < -0.39 is 11.7 Å². The zero-order chi connectivity index (χ0) is 26.9. The molecule has 4 heterocycles. The number of alkyl carbamates (subject to hydrolysis) is 1. The number of carbonyl (C=O) groups excluding carboxylic acids is 1. The molecule has 206 valence electrons. The van der Waals surface area contributed by atoms with Gasteiger partial charge in [-0.3, -0.25) is 0 Å². The van der Waals surface area contributed by atoms with Crippen LogP contribution in [0.5, 0.6) is 11.5 Å². The van der Waals surface area contributed by atoms with E-state index in [4.69, 9.17) is 29.7 Å². The topological polar surface area (TPSA) is 136 Å². The molecule has 1 aromatic carbocycles. The molecule has 1 unspecified atom stereocenters. The van der Waals surface area contributed by atoms with Crippen LogP contribution in [0.2, 0.25) is 0 Å². The van der Waals surface area contributed by atoms with Gasteiger partial charge in [-0.15, -0.1) is 0 Å². The lowest BCUT2D eigenvalue weighted by Gasteiger charge is -2.34. The van der Waals surface area contributed by atoms with Gasteiger partial charge in [-0.05, 0) is 74.0 Å². The van der Waals surface area contributed by atoms with Crippen LogP contribution in [0, 0.1) is 5.92 Å². The number of aromatic nitrogens is 2. The van der Waals surface area contributed by atoms with E-state index in [0.717, 1.165) is 28.0 Å². The van der Waals surface area contributed by atoms with Crippen LogP contribution < -0.4 is 25.4 Å². The van der Waals surface area contributed by atoms with Crippen LogP contribution in [0.25, 0.3) is 0 Å². The summed E-state index contributed by atoms with van der Waals surface area (Å²) in [5.41, 5.74) is 6.28. The van der Waals surface area contributed by atoms with E-state index in [1.807, 2.05) is 32.9 Å². The Kier molecular flexibility index (Phi) is 7.96. The zero-order valence-electron chi connectivity index (χ0n) is 21.7. The number of anilines is 1. The highest BCUT2D eigenvalue weighted by molar-refractivity contribution is 9.10. The Balaban J connectivity index is 1.30. The minimum atomic E-state index is -0.560. The number of benzene rings is 1. The summed E-state index contributed by atoms with van der Waals surface area (Å²) in [7, 11) is 0. The fraction of sp³-hybridized carbons (Fsp3) is 0.560. The van der Waals surface area contributed by atoms with Crippen LogP contribution in [-0.2, 0) is 9.47 Å². The average molecular weight is 610 g/mol. The number of amides is 1. The molecule has 0 bridgehead atoms.